The summed E-state index contributed by atoms with van der Waals surface area (Å²) >= 11 is 0. The molecule has 3 N–H and O–H groups in total. The van der Waals surface area contributed by atoms with Gasteiger partial charge in [-0.2, -0.15) is 0 Å². The van der Waals surface area contributed by atoms with E-state index in [4.69, 9.17) is 14.7 Å². The summed E-state index contributed by atoms with van der Waals surface area (Å²) in [6, 6.07) is 0. The van der Waals surface area contributed by atoms with Gasteiger partial charge in [-0.25, -0.2) is 8.88 Å². The molecule has 0 rings (SSSR count). The Kier molecular flexibility index (Phi) is 4.52. The Bertz CT molecular complexity index is 279. The van der Waals surface area contributed by atoms with Crippen LogP contribution in [0.4, 0.5) is 0 Å². The van der Waals surface area contributed by atoms with Gasteiger partial charge >= 0.3 is 15.4 Å². The van der Waals surface area contributed by atoms with Crippen molar-refractivity contribution in [3.8, 4) is 0 Å². The van der Waals surface area contributed by atoms with Crippen LogP contribution in [0.2, 0.25) is 0 Å². The highest BCUT2D eigenvalue weighted by Crippen LogP contribution is 2.57. The molecule has 0 aromatic rings. The molecule has 0 bridgehead atoms. The fourth-order valence-electron chi connectivity index (χ4n) is 0.539. The molecule has 78 valence electrons. The summed E-state index contributed by atoms with van der Waals surface area (Å²) in [6.45, 7) is 5.11. The maximum absolute atomic E-state index is 10.9. The lowest BCUT2D eigenvalue weighted by atomic mass is 10.3. The molecule has 1 unspecified atom stereocenters. The first-order chi connectivity index (χ1) is 5.62. The van der Waals surface area contributed by atoms with Gasteiger partial charge in [0.15, 0.2) is 0 Å². The molecule has 0 saturated heterocycles. The van der Waals surface area contributed by atoms with Crippen LogP contribution in [-0.2, 0) is 13.4 Å². The number of hydrogen-bond donors (Lipinski definition) is 3. The van der Waals surface area contributed by atoms with Gasteiger partial charge < -0.3 is 14.7 Å². The largest absolute Gasteiger partial charge is 0.476 e. The fourth-order valence-corrected chi connectivity index (χ4v) is 2.86. The third kappa shape index (κ3) is 8.37. The highest BCUT2D eigenvalue weighted by atomic mass is 31.3. The topological polar surface area (TPSA) is 104 Å². The fraction of sp³-hybridized carbons (Fsp3) is 0.600. The predicted molar refractivity (Wildman–Crippen MR) is 47.3 cm³/mol. The van der Waals surface area contributed by atoms with Crippen LogP contribution < -0.4 is 0 Å². The minimum absolute atomic E-state index is 0.188. The van der Waals surface area contributed by atoms with E-state index in [-0.39, 0.29) is 12.6 Å². The van der Waals surface area contributed by atoms with Gasteiger partial charge in [0.1, 0.15) is 0 Å². The van der Waals surface area contributed by atoms with Crippen molar-refractivity contribution < 1.29 is 28.1 Å². The van der Waals surface area contributed by atoms with E-state index in [1.165, 1.54) is 0 Å². The average Bonchev–Trinajstić information content (AvgIpc) is 1.78. The summed E-state index contributed by atoms with van der Waals surface area (Å²) in [5, 5.41) is 0. The highest BCUT2D eigenvalue weighted by Gasteiger charge is 2.29. The zero-order chi connectivity index (χ0) is 10.7. The molecule has 0 aliphatic heterocycles. The molecule has 0 aromatic heterocycles. The second kappa shape index (κ2) is 4.51. The van der Waals surface area contributed by atoms with Crippen LogP contribution >= 0.6 is 15.4 Å². The molecular weight excluding hydrogens is 218 g/mol. The number of phosphoric acid groups is 1. The lowest BCUT2D eigenvalue weighted by molar-refractivity contribution is 0.263. The molecule has 0 heterocycles. The van der Waals surface area contributed by atoms with Gasteiger partial charge in [0, 0.05) is 0 Å². The minimum Gasteiger partial charge on any atom is -0.324 e. The molecule has 0 aromatic carbocycles. The zero-order valence-corrected chi connectivity index (χ0v) is 8.87. The van der Waals surface area contributed by atoms with Crippen LogP contribution in [-0.4, -0.2) is 20.8 Å². The molecule has 0 spiro atoms. The van der Waals surface area contributed by atoms with Gasteiger partial charge in [-0.05, 0) is 13.3 Å². The van der Waals surface area contributed by atoms with Gasteiger partial charge in [-0.1, -0.05) is 5.57 Å². The van der Waals surface area contributed by atoms with Crippen LogP contribution in [0.5, 0.6) is 0 Å². The van der Waals surface area contributed by atoms with Crippen LogP contribution in [0.25, 0.3) is 0 Å². The monoisotopic (exact) mass is 230 g/mol. The van der Waals surface area contributed by atoms with Crippen LogP contribution in [0.3, 0.4) is 0 Å². The maximum atomic E-state index is 10.9. The Morgan fingerprint density at radius 2 is 1.85 bits per heavy atom. The van der Waals surface area contributed by atoms with E-state index < -0.39 is 15.4 Å². The number of allylic oxidation sites excluding steroid dienone is 1. The third-order valence-corrected chi connectivity index (χ3v) is 3.72. The summed E-state index contributed by atoms with van der Waals surface area (Å²) in [6.07, 6.45) is -0.152. The van der Waals surface area contributed by atoms with Crippen LogP contribution in [0, 0.1) is 0 Å². The van der Waals surface area contributed by atoms with Crippen molar-refractivity contribution in [1.82, 2.24) is 0 Å². The van der Waals surface area contributed by atoms with E-state index >= 15 is 0 Å². The maximum Gasteiger partial charge on any atom is 0.476 e. The van der Waals surface area contributed by atoms with E-state index in [2.05, 4.69) is 10.9 Å². The second-order valence-electron chi connectivity index (χ2n) is 2.64. The van der Waals surface area contributed by atoms with Crippen LogP contribution in [0.15, 0.2) is 12.2 Å². The van der Waals surface area contributed by atoms with E-state index in [9.17, 15) is 9.13 Å². The molecule has 0 fully saturated rings. The molecule has 1 atom stereocenters. The first-order valence-electron chi connectivity index (χ1n) is 3.35. The smallest absolute Gasteiger partial charge is 0.324 e. The normalized spacial score (nSPS) is 16.6. The first kappa shape index (κ1) is 13.0. The lowest BCUT2D eigenvalue weighted by Gasteiger charge is -2.11. The van der Waals surface area contributed by atoms with Crippen LogP contribution in [0.1, 0.15) is 13.3 Å². The van der Waals surface area contributed by atoms with Crippen molar-refractivity contribution in [2.24, 2.45) is 0 Å². The Labute approximate surface area is 76.0 Å². The molecule has 13 heavy (non-hydrogen) atoms. The van der Waals surface area contributed by atoms with Gasteiger partial charge in [0.05, 0.1) is 6.16 Å². The number of hydrogen-bond acceptors (Lipinski definition) is 3. The molecule has 8 heteroatoms. The molecule has 0 saturated carbocycles. The first-order valence-corrected chi connectivity index (χ1v) is 6.65. The standard InChI is InChI=1S/C5H12O6P2/c1-5(2)3-4-12(6,7)11-13(8,9)10/h1,3-4H2,2H3,(H,6,7)(H2,8,9,10). The Balaban J connectivity index is 4.18. The summed E-state index contributed by atoms with van der Waals surface area (Å²) < 4.78 is 24.9. The van der Waals surface area contributed by atoms with Crippen molar-refractivity contribution in [1.29, 1.82) is 0 Å². The third-order valence-electron chi connectivity index (χ3n) is 1.06. The van der Waals surface area contributed by atoms with E-state index in [0.717, 1.165) is 0 Å². The van der Waals surface area contributed by atoms with Crippen molar-refractivity contribution in [2.75, 3.05) is 6.16 Å². The van der Waals surface area contributed by atoms with Crippen molar-refractivity contribution >= 4 is 15.4 Å². The Morgan fingerprint density at radius 3 is 2.15 bits per heavy atom. The summed E-state index contributed by atoms with van der Waals surface area (Å²) in [5.41, 5.74) is 0.642. The highest BCUT2D eigenvalue weighted by molar-refractivity contribution is 7.63. The minimum atomic E-state index is -4.89. The molecule has 6 nitrogen and oxygen atoms in total. The van der Waals surface area contributed by atoms with Crippen molar-refractivity contribution in [2.45, 2.75) is 13.3 Å². The molecule has 0 aliphatic rings. The van der Waals surface area contributed by atoms with Crippen molar-refractivity contribution in [3.63, 3.8) is 0 Å². The van der Waals surface area contributed by atoms with E-state index in [0.29, 0.717) is 5.57 Å². The van der Waals surface area contributed by atoms with Gasteiger partial charge in [0.2, 0.25) is 0 Å². The quantitative estimate of drug-likeness (QED) is 0.485. The Morgan fingerprint density at radius 1 is 1.38 bits per heavy atom. The van der Waals surface area contributed by atoms with Gasteiger partial charge in [-0.15, -0.1) is 6.58 Å². The van der Waals surface area contributed by atoms with E-state index in [1.807, 2.05) is 0 Å². The molecule has 0 amide bonds. The molecular formula is C5H12O6P2. The van der Waals surface area contributed by atoms with Gasteiger partial charge in [-0.3, -0.25) is 4.57 Å². The van der Waals surface area contributed by atoms with Gasteiger partial charge in [0.25, 0.3) is 0 Å². The molecule has 0 radical (unpaired) electrons. The Hall–Kier alpha value is 0.0400. The summed E-state index contributed by atoms with van der Waals surface area (Å²) in [7, 11) is -9.08. The predicted octanol–water partition coefficient (Wildman–Crippen LogP) is 1.25. The number of rotatable bonds is 5. The zero-order valence-electron chi connectivity index (χ0n) is 7.08. The SMILES string of the molecule is C=C(C)CCP(=O)(O)OP(=O)(O)O. The lowest BCUT2D eigenvalue weighted by Crippen LogP contribution is -1.93. The molecule has 0 aliphatic carbocycles. The summed E-state index contributed by atoms with van der Waals surface area (Å²) in [5.74, 6) is 0. The second-order valence-corrected chi connectivity index (χ2v) is 6.00. The van der Waals surface area contributed by atoms with Crippen molar-refractivity contribution in [3.05, 3.63) is 12.2 Å². The average molecular weight is 230 g/mol. The van der Waals surface area contributed by atoms with E-state index in [1.54, 1.807) is 6.92 Å². The summed E-state index contributed by atoms with van der Waals surface area (Å²) in [4.78, 5) is 25.4.